The van der Waals surface area contributed by atoms with Gasteiger partial charge in [-0.05, 0) is 18.6 Å². The molecular weight excluding hydrogens is 271 g/mol. The molecule has 1 rings (SSSR count). The van der Waals surface area contributed by atoms with Crippen LogP contribution in [0.15, 0.2) is 18.3 Å². The van der Waals surface area contributed by atoms with E-state index in [9.17, 15) is 13.2 Å². The summed E-state index contributed by atoms with van der Waals surface area (Å²) in [6, 6.07) is 3.51. The third-order valence-electron chi connectivity index (χ3n) is 2.60. The summed E-state index contributed by atoms with van der Waals surface area (Å²) in [7, 11) is 0. The van der Waals surface area contributed by atoms with Gasteiger partial charge in [0.1, 0.15) is 0 Å². The fourth-order valence-corrected chi connectivity index (χ4v) is 1.78. The Morgan fingerprint density at radius 1 is 1.40 bits per heavy atom. The van der Waals surface area contributed by atoms with E-state index in [4.69, 9.17) is 5.11 Å². The van der Waals surface area contributed by atoms with Crippen molar-refractivity contribution in [2.75, 3.05) is 31.6 Å². The van der Waals surface area contributed by atoms with Gasteiger partial charge in [-0.2, -0.15) is 13.2 Å². The van der Waals surface area contributed by atoms with Crippen LogP contribution in [0.25, 0.3) is 0 Å². The first kappa shape index (κ1) is 16.7. The minimum atomic E-state index is -4.28. The molecule has 0 aliphatic rings. The number of halogens is 3. The summed E-state index contributed by atoms with van der Waals surface area (Å²) < 4.78 is 37.3. The number of pyridine rings is 1. The summed E-state index contributed by atoms with van der Waals surface area (Å²) in [6.07, 6.45) is -1.76. The molecule has 1 aromatic heterocycles. The number of alkyl halides is 3. The van der Waals surface area contributed by atoms with Crippen LogP contribution in [0.4, 0.5) is 18.9 Å². The monoisotopic (exact) mass is 291 g/mol. The van der Waals surface area contributed by atoms with Gasteiger partial charge in [0.25, 0.3) is 0 Å². The van der Waals surface area contributed by atoms with Crippen LogP contribution in [0.5, 0.6) is 0 Å². The van der Waals surface area contributed by atoms with Gasteiger partial charge in [0, 0.05) is 31.5 Å². The first-order valence-electron chi connectivity index (χ1n) is 6.53. The van der Waals surface area contributed by atoms with Crippen LogP contribution >= 0.6 is 0 Å². The third kappa shape index (κ3) is 6.72. The maximum atomic E-state index is 12.4. The van der Waals surface area contributed by atoms with Crippen molar-refractivity contribution in [1.29, 1.82) is 0 Å². The fourth-order valence-electron chi connectivity index (χ4n) is 1.78. The number of rotatable bonds is 8. The normalized spacial score (nSPS) is 11.9. The molecule has 0 fully saturated rings. The zero-order valence-corrected chi connectivity index (χ0v) is 11.5. The van der Waals surface area contributed by atoms with Crippen LogP contribution in [0, 0.1) is 0 Å². The van der Waals surface area contributed by atoms with Crippen LogP contribution in [0.2, 0.25) is 0 Å². The summed E-state index contributed by atoms with van der Waals surface area (Å²) in [5, 5.41) is 12.0. The first-order chi connectivity index (χ1) is 9.44. The molecule has 2 N–H and O–H groups in total. The lowest BCUT2D eigenvalue weighted by Crippen LogP contribution is -2.36. The quantitative estimate of drug-likeness (QED) is 0.771. The highest BCUT2D eigenvalue weighted by Gasteiger charge is 2.30. The molecule has 0 radical (unpaired) electrons. The Morgan fingerprint density at radius 2 is 2.15 bits per heavy atom. The van der Waals surface area contributed by atoms with Crippen molar-refractivity contribution in [2.24, 2.45) is 0 Å². The predicted octanol–water partition coefficient (Wildman–Crippen LogP) is 2.26. The number of aromatic nitrogens is 1. The van der Waals surface area contributed by atoms with Crippen molar-refractivity contribution < 1.29 is 18.3 Å². The number of nitrogens with zero attached hydrogens (tertiary/aromatic N) is 2. The Bertz CT molecular complexity index is 399. The van der Waals surface area contributed by atoms with Crippen molar-refractivity contribution in [3.8, 4) is 0 Å². The fraction of sp³-hybridized carbons (Fsp3) is 0.615. The number of nitrogens with one attached hydrogen (secondary N) is 1. The Kier molecular flexibility index (Phi) is 6.74. The molecule has 0 saturated heterocycles. The van der Waals surface area contributed by atoms with Crippen molar-refractivity contribution in [2.45, 2.75) is 26.1 Å². The van der Waals surface area contributed by atoms with Gasteiger partial charge in [0.2, 0.25) is 0 Å². The second-order valence-corrected chi connectivity index (χ2v) is 4.51. The summed E-state index contributed by atoms with van der Waals surface area (Å²) >= 11 is 0. The molecule has 0 unspecified atom stereocenters. The van der Waals surface area contributed by atoms with Crippen molar-refractivity contribution in [3.63, 3.8) is 0 Å². The zero-order chi connectivity index (χ0) is 15.0. The maximum Gasteiger partial charge on any atom is 0.401 e. The second kappa shape index (κ2) is 8.06. The van der Waals surface area contributed by atoms with Gasteiger partial charge in [-0.15, -0.1) is 0 Å². The summed E-state index contributed by atoms with van der Waals surface area (Å²) in [5.74, 6) is 0. The third-order valence-corrected chi connectivity index (χ3v) is 2.60. The van der Waals surface area contributed by atoms with Crippen molar-refractivity contribution in [1.82, 2.24) is 9.88 Å². The number of aliphatic hydroxyl groups is 1. The Morgan fingerprint density at radius 3 is 2.75 bits per heavy atom. The van der Waals surface area contributed by atoms with Gasteiger partial charge in [-0.1, -0.05) is 6.92 Å². The van der Waals surface area contributed by atoms with E-state index in [1.54, 1.807) is 18.3 Å². The minimum absolute atomic E-state index is 0.0339. The SMILES string of the molecule is CCCNc1ccnc(CN(CCO)CC(F)(F)F)c1. The number of hydrogen-bond donors (Lipinski definition) is 2. The number of aliphatic hydroxyl groups excluding tert-OH is 1. The highest BCUT2D eigenvalue weighted by atomic mass is 19.4. The molecule has 4 nitrogen and oxygen atoms in total. The molecule has 0 bridgehead atoms. The van der Waals surface area contributed by atoms with Crippen LogP contribution in [0.3, 0.4) is 0 Å². The summed E-state index contributed by atoms with van der Waals surface area (Å²) in [6.45, 7) is 1.48. The van der Waals surface area contributed by atoms with E-state index in [2.05, 4.69) is 10.3 Å². The lowest BCUT2D eigenvalue weighted by molar-refractivity contribution is -0.148. The zero-order valence-electron chi connectivity index (χ0n) is 11.5. The maximum absolute atomic E-state index is 12.4. The van der Waals surface area contributed by atoms with Gasteiger partial charge < -0.3 is 10.4 Å². The number of anilines is 1. The van der Waals surface area contributed by atoms with Gasteiger partial charge in [-0.3, -0.25) is 9.88 Å². The lowest BCUT2D eigenvalue weighted by atomic mass is 10.3. The van der Waals surface area contributed by atoms with Gasteiger partial charge in [0.15, 0.2) is 0 Å². The molecule has 0 spiro atoms. The predicted molar refractivity (Wildman–Crippen MR) is 71.4 cm³/mol. The molecule has 0 aliphatic carbocycles. The highest BCUT2D eigenvalue weighted by Crippen LogP contribution is 2.18. The molecular formula is C13H20F3N3O. The second-order valence-electron chi connectivity index (χ2n) is 4.51. The average molecular weight is 291 g/mol. The topological polar surface area (TPSA) is 48.4 Å². The smallest absolute Gasteiger partial charge is 0.395 e. The molecule has 7 heteroatoms. The van der Waals surface area contributed by atoms with E-state index in [1.807, 2.05) is 6.92 Å². The molecule has 114 valence electrons. The van der Waals surface area contributed by atoms with E-state index in [1.165, 1.54) is 0 Å². The average Bonchev–Trinajstić information content (AvgIpc) is 2.35. The largest absolute Gasteiger partial charge is 0.401 e. The molecule has 1 aromatic rings. The number of hydrogen-bond acceptors (Lipinski definition) is 4. The van der Waals surface area contributed by atoms with Gasteiger partial charge >= 0.3 is 6.18 Å². The van der Waals surface area contributed by atoms with E-state index >= 15 is 0 Å². The molecule has 0 atom stereocenters. The molecule has 0 aliphatic heterocycles. The Labute approximate surface area is 116 Å². The van der Waals surface area contributed by atoms with Crippen LogP contribution in [-0.2, 0) is 6.54 Å². The molecule has 0 saturated carbocycles. The minimum Gasteiger partial charge on any atom is -0.395 e. The summed E-state index contributed by atoms with van der Waals surface area (Å²) in [4.78, 5) is 5.20. The standard InChI is InChI=1S/C13H20F3N3O/c1-2-4-17-11-3-5-18-12(8-11)9-19(6-7-20)10-13(14,15)16/h3,5,8,20H,2,4,6-7,9-10H2,1H3,(H,17,18). The highest BCUT2D eigenvalue weighted by molar-refractivity contribution is 5.43. The molecule has 0 aromatic carbocycles. The van der Waals surface area contributed by atoms with E-state index in [-0.39, 0.29) is 19.7 Å². The van der Waals surface area contributed by atoms with E-state index < -0.39 is 12.7 Å². The van der Waals surface area contributed by atoms with E-state index in [0.717, 1.165) is 23.6 Å². The molecule has 1 heterocycles. The van der Waals surface area contributed by atoms with Crippen LogP contribution in [0.1, 0.15) is 19.0 Å². The van der Waals surface area contributed by atoms with Crippen LogP contribution in [-0.4, -0.2) is 47.4 Å². The Hall–Kier alpha value is -1.34. The van der Waals surface area contributed by atoms with Gasteiger partial charge in [0.05, 0.1) is 18.8 Å². The molecule has 20 heavy (non-hydrogen) atoms. The van der Waals surface area contributed by atoms with Gasteiger partial charge in [-0.25, -0.2) is 0 Å². The Balaban J connectivity index is 2.67. The van der Waals surface area contributed by atoms with Crippen molar-refractivity contribution in [3.05, 3.63) is 24.0 Å². The van der Waals surface area contributed by atoms with Crippen LogP contribution < -0.4 is 5.32 Å². The molecule has 0 amide bonds. The summed E-state index contributed by atoms with van der Waals surface area (Å²) in [5.41, 5.74) is 1.39. The van der Waals surface area contributed by atoms with Crippen molar-refractivity contribution >= 4 is 5.69 Å². The first-order valence-corrected chi connectivity index (χ1v) is 6.53. The van der Waals surface area contributed by atoms with E-state index in [0.29, 0.717) is 5.69 Å². The lowest BCUT2D eigenvalue weighted by Gasteiger charge is -2.22.